The van der Waals surface area contributed by atoms with Gasteiger partial charge in [0.2, 0.25) is 11.8 Å². The summed E-state index contributed by atoms with van der Waals surface area (Å²) in [5.74, 6) is 2.62. The number of benzene rings is 2. The number of hydrogen-bond donors (Lipinski definition) is 0. The number of nitrogens with zero attached hydrogens (tertiary/aromatic N) is 5. The standard InChI is InChI=1S/C31H41N5O3S/c1-22-9-13-25(14-10-22)36-29(24-11-15-26(39-6)16-12-24)32-33-30(36)40-19-7-8-27(37)34-17-18-35(23(2)21-34)28(38)20-31(3,4)5/h9-16,23H,7-8,17-21H2,1-6H3. The quantitative estimate of drug-likeness (QED) is 0.248. The zero-order chi connectivity index (χ0) is 28.9. The molecule has 214 valence electrons. The third-order valence-corrected chi connectivity index (χ3v) is 8.04. The molecule has 2 amide bonds. The first-order chi connectivity index (χ1) is 19.1. The van der Waals surface area contributed by atoms with Crippen LogP contribution in [0.4, 0.5) is 0 Å². The molecule has 0 radical (unpaired) electrons. The van der Waals surface area contributed by atoms with Crippen LogP contribution >= 0.6 is 11.8 Å². The fourth-order valence-electron chi connectivity index (χ4n) is 4.87. The van der Waals surface area contributed by atoms with Gasteiger partial charge in [0.05, 0.1) is 7.11 Å². The molecule has 0 bridgehead atoms. The number of ether oxygens (including phenoxy) is 1. The molecule has 0 saturated carbocycles. The predicted molar refractivity (Wildman–Crippen MR) is 160 cm³/mol. The number of aryl methyl sites for hydroxylation is 1. The normalized spacial score (nSPS) is 15.8. The highest BCUT2D eigenvalue weighted by Gasteiger charge is 2.31. The van der Waals surface area contributed by atoms with E-state index in [1.807, 2.05) is 41.0 Å². The molecule has 1 aromatic heterocycles. The third kappa shape index (κ3) is 7.44. The van der Waals surface area contributed by atoms with E-state index >= 15 is 0 Å². The maximum Gasteiger partial charge on any atom is 0.223 e. The number of rotatable bonds is 9. The van der Waals surface area contributed by atoms with Gasteiger partial charge in [0.1, 0.15) is 5.75 Å². The largest absolute Gasteiger partial charge is 0.497 e. The van der Waals surface area contributed by atoms with Gasteiger partial charge in [0.25, 0.3) is 0 Å². The molecule has 1 aliphatic heterocycles. The second-order valence-corrected chi connectivity index (χ2v) is 12.7. The molecule has 0 N–H and O–H groups in total. The van der Waals surface area contributed by atoms with E-state index in [-0.39, 0.29) is 23.3 Å². The van der Waals surface area contributed by atoms with Crippen molar-refractivity contribution in [2.24, 2.45) is 5.41 Å². The number of thioether (sulfide) groups is 1. The minimum absolute atomic E-state index is 0.0337. The number of carbonyl (C=O) groups is 2. The van der Waals surface area contributed by atoms with Gasteiger partial charge < -0.3 is 14.5 Å². The van der Waals surface area contributed by atoms with E-state index in [0.29, 0.717) is 32.5 Å². The van der Waals surface area contributed by atoms with Crippen LogP contribution in [0.2, 0.25) is 0 Å². The summed E-state index contributed by atoms with van der Waals surface area (Å²) in [6.07, 6.45) is 1.73. The molecule has 3 aromatic rings. The van der Waals surface area contributed by atoms with Crippen molar-refractivity contribution < 1.29 is 14.3 Å². The SMILES string of the molecule is COc1ccc(-c2nnc(SCCCC(=O)N3CCN(C(=O)CC(C)(C)C)C(C)C3)n2-c2ccc(C)cc2)cc1. The average Bonchev–Trinajstić information content (AvgIpc) is 3.34. The summed E-state index contributed by atoms with van der Waals surface area (Å²) in [6.45, 7) is 12.1. The van der Waals surface area contributed by atoms with Gasteiger partial charge in [-0.25, -0.2) is 0 Å². The van der Waals surface area contributed by atoms with Gasteiger partial charge in [-0.2, -0.15) is 0 Å². The van der Waals surface area contributed by atoms with Gasteiger partial charge in [-0.15, -0.1) is 10.2 Å². The Bertz CT molecular complexity index is 1300. The molecule has 1 atom stereocenters. The molecule has 4 rings (SSSR count). The minimum atomic E-state index is -0.0412. The Kier molecular flexibility index (Phi) is 9.56. The molecule has 9 heteroatoms. The van der Waals surface area contributed by atoms with Crippen LogP contribution in [0.3, 0.4) is 0 Å². The Morgan fingerprint density at radius 1 is 1.00 bits per heavy atom. The first-order valence-electron chi connectivity index (χ1n) is 13.9. The lowest BCUT2D eigenvalue weighted by atomic mass is 9.91. The topological polar surface area (TPSA) is 80.6 Å². The summed E-state index contributed by atoms with van der Waals surface area (Å²) in [6, 6.07) is 16.2. The van der Waals surface area contributed by atoms with E-state index in [0.717, 1.165) is 40.2 Å². The number of hydrogen-bond acceptors (Lipinski definition) is 6. The van der Waals surface area contributed by atoms with Crippen LogP contribution in [0.25, 0.3) is 17.1 Å². The Morgan fingerprint density at radius 3 is 2.33 bits per heavy atom. The molecule has 0 spiro atoms. The fourth-order valence-corrected chi connectivity index (χ4v) is 5.76. The van der Waals surface area contributed by atoms with Crippen LogP contribution in [-0.2, 0) is 9.59 Å². The predicted octanol–water partition coefficient (Wildman–Crippen LogP) is 5.62. The van der Waals surface area contributed by atoms with E-state index in [4.69, 9.17) is 4.74 Å². The molecule has 1 unspecified atom stereocenters. The lowest BCUT2D eigenvalue weighted by Gasteiger charge is -2.41. The first-order valence-corrected chi connectivity index (χ1v) is 14.9. The maximum absolute atomic E-state index is 13.0. The molecular weight excluding hydrogens is 522 g/mol. The monoisotopic (exact) mass is 563 g/mol. The number of methoxy groups -OCH3 is 1. The Balaban J connectivity index is 1.36. The summed E-state index contributed by atoms with van der Waals surface area (Å²) < 4.78 is 7.38. The molecule has 2 heterocycles. The molecule has 2 aromatic carbocycles. The number of aromatic nitrogens is 3. The summed E-state index contributed by atoms with van der Waals surface area (Å²) in [5.41, 5.74) is 3.09. The summed E-state index contributed by atoms with van der Waals surface area (Å²) in [4.78, 5) is 29.6. The van der Waals surface area contributed by atoms with Crippen molar-refractivity contribution in [3.05, 3.63) is 54.1 Å². The summed E-state index contributed by atoms with van der Waals surface area (Å²) in [7, 11) is 1.65. The Labute approximate surface area is 242 Å². The summed E-state index contributed by atoms with van der Waals surface area (Å²) in [5, 5.41) is 9.83. The van der Waals surface area contributed by atoms with Crippen molar-refractivity contribution in [1.82, 2.24) is 24.6 Å². The molecule has 40 heavy (non-hydrogen) atoms. The molecule has 1 aliphatic rings. The van der Waals surface area contributed by atoms with E-state index in [9.17, 15) is 9.59 Å². The van der Waals surface area contributed by atoms with Gasteiger partial charge in [0.15, 0.2) is 11.0 Å². The van der Waals surface area contributed by atoms with Crippen LogP contribution in [0.5, 0.6) is 5.75 Å². The van der Waals surface area contributed by atoms with Crippen LogP contribution in [0.1, 0.15) is 52.5 Å². The maximum atomic E-state index is 13.0. The second-order valence-electron chi connectivity index (χ2n) is 11.7. The lowest BCUT2D eigenvalue weighted by molar-refractivity contribution is -0.143. The van der Waals surface area contributed by atoms with Crippen LogP contribution < -0.4 is 4.74 Å². The number of piperazine rings is 1. The summed E-state index contributed by atoms with van der Waals surface area (Å²) >= 11 is 1.61. The van der Waals surface area contributed by atoms with E-state index in [1.165, 1.54) is 5.56 Å². The zero-order valence-corrected chi connectivity index (χ0v) is 25.3. The van der Waals surface area contributed by atoms with Crippen molar-refractivity contribution in [2.45, 2.75) is 65.1 Å². The highest BCUT2D eigenvalue weighted by molar-refractivity contribution is 7.99. The van der Waals surface area contributed by atoms with Crippen LogP contribution in [-0.4, -0.2) is 74.9 Å². The molecule has 8 nitrogen and oxygen atoms in total. The van der Waals surface area contributed by atoms with Crippen LogP contribution in [0.15, 0.2) is 53.7 Å². The molecule has 1 fully saturated rings. The highest BCUT2D eigenvalue weighted by Crippen LogP contribution is 2.30. The van der Waals surface area contributed by atoms with Crippen molar-refractivity contribution >= 4 is 23.6 Å². The minimum Gasteiger partial charge on any atom is -0.497 e. The smallest absolute Gasteiger partial charge is 0.223 e. The van der Waals surface area contributed by atoms with E-state index in [1.54, 1.807) is 18.9 Å². The second kappa shape index (κ2) is 12.9. The van der Waals surface area contributed by atoms with Gasteiger partial charge in [-0.3, -0.25) is 14.2 Å². The fraction of sp³-hybridized carbons (Fsp3) is 0.484. The lowest BCUT2D eigenvalue weighted by Crippen LogP contribution is -2.55. The molecule has 0 aliphatic carbocycles. The molecule has 1 saturated heterocycles. The molecular formula is C31H41N5O3S. The van der Waals surface area contributed by atoms with Gasteiger partial charge in [-0.05, 0) is 62.1 Å². The van der Waals surface area contributed by atoms with Gasteiger partial charge in [0, 0.05) is 55.5 Å². The first kappa shape index (κ1) is 29.6. The number of amides is 2. The van der Waals surface area contributed by atoms with Crippen molar-refractivity contribution in [3.63, 3.8) is 0 Å². The zero-order valence-electron chi connectivity index (χ0n) is 24.5. The van der Waals surface area contributed by atoms with Crippen LogP contribution in [0, 0.1) is 12.3 Å². The van der Waals surface area contributed by atoms with Crippen molar-refractivity contribution in [3.8, 4) is 22.8 Å². The van der Waals surface area contributed by atoms with Crippen molar-refractivity contribution in [1.29, 1.82) is 0 Å². The van der Waals surface area contributed by atoms with E-state index in [2.05, 4.69) is 66.7 Å². The van der Waals surface area contributed by atoms with Crippen molar-refractivity contribution in [2.75, 3.05) is 32.5 Å². The van der Waals surface area contributed by atoms with Gasteiger partial charge in [-0.1, -0.05) is 50.2 Å². The highest BCUT2D eigenvalue weighted by atomic mass is 32.2. The Hall–Kier alpha value is -3.33. The van der Waals surface area contributed by atoms with E-state index < -0.39 is 0 Å². The Morgan fingerprint density at radius 2 is 1.70 bits per heavy atom. The van der Waals surface area contributed by atoms with Gasteiger partial charge >= 0.3 is 0 Å². The third-order valence-electron chi connectivity index (χ3n) is 7.02. The average molecular weight is 564 g/mol. The number of carbonyl (C=O) groups excluding carboxylic acids is 2.